The van der Waals surface area contributed by atoms with Crippen molar-refractivity contribution in [1.29, 1.82) is 0 Å². The topological polar surface area (TPSA) is 56.4 Å². The lowest BCUT2D eigenvalue weighted by Crippen LogP contribution is -2.67. The lowest BCUT2D eigenvalue weighted by atomic mass is 9.76. The molecule has 0 saturated carbocycles. The van der Waals surface area contributed by atoms with Crippen LogP contribution in [0.4, 0.5) is 0 Å². The largest absolute Gasteiger partial charge is 0.356 e. The number of hydrogen-bond acceptors (Lipinski definition) is 2. The molecule has 0 radical (unpaired) electrons. The first-order chi connectivity index (χ1) is 17.8. The van der Waals surface area contributed by atoms with Crippen molar-refractivity contribution in [2.75, 3.05) is 13.1 Å². The Labute approximate surface area is 226 Å². The number of benzene rings is 3. The fourth-order valence-electron chi connectivity index (χ4n) is 5.94. The lowest BCUT2D eigenvalue weighted by molar-refractivity contribution is -0.166. The number of aromatic amines is 1. The Hall–Kier alpha value is -3.28. The summed E-state index contributed by atoms with van der Waals surface area (Å²) in [5, 5.41) is 2.09. The van der Waals surface area contributed by atoms with Crippen LogP contribution in [0.3, 0.4) is 0 Å². The number of nitrogens with one attached hydrogen (secondary N) is 1. The van der Waals surface area contributed by atoms with Gasteiger partial charge in [-0.1, -0.05) is 78.7 Å². The van der Waals surface area contributed by atoms with Gasteiger partial charge in [-0.15, -0.1) is 0 Å². The zero-order valence-electron chi connectivity index (χ0n) is 20.7. The van der Waals surface area contributed by atoms with E-state index in [-0.39, 0.29) is 30.8 Å². The first-order valence-corrected chi connectivity index (χ1v) is 13.3. The van der Waals surface area contributed by atoms with Gasteiger partial charge in [-0.2, -0.15) is 0 Å². The second-order valence-corrected chi connectivity index (χ2v) is 10.9. The van der Waals surface area contributed by atoms with Gasteiger partial charge in [-0.05, 0) is 53.8 Å². The number of piperazine rings is 1. The third-order valence-electron chi connectivity index (χ3n) is 7.98. The highest BCUT2D eigenvalue weighted by Crippen LogP contribution is 2.48. The second-order valence-electron chi connectivity index (χ2n) is 10.1. The van der Waals surface area contributed by atoms with Gasteiger partial charge >= 0.3 is 0 Å². The van der Waals surface area contributed by atoms with E-state index >= 15 is 0 Å². The molecule has 2 atom stereocenters. The summed E-state index contributed by atoms with van der Waals surface area (Å²) in [5.41, 5.74) is 4.85. The maximum absolute atomic E-state index is 14.2. The van der Waals surface area contributed by atoms with E-state index in [0.29, 0.717) is 16.6 Å². The van der Waals surface area contributed by atoms with Gasteiger partial charge < -0.3 is 14.8 Å². The van der Waals surface area contributed by atoms with Crippen LogP contribution in [0.25, 0.3) is 10.9 Å². The molecule has 0 bridgehead atoms. The summed E-state index contributed by atoms with van der Waals surface area (Å²) in [4.78, 5) is 34.8. The smallest absolute Gasteiger partial charge is 0.255 e. The number of H-pyrrole nitrogens is 1. The fraction of sp³-hybridized carbons (Fsp3) is 0.267. The summed E-state index contributed by atoms with van der Waals surface area (Å²) in [6.07, 6.45) is 0.966. The molecule has 0 spiro atoms. The summed E-state index contributed by atoms with van der Waals surface area (Å²) in [5.74, 6) is -0.239. The number of nitrogens with zero attached hydrogens (tertiary/aromatic N) is 2. The van der Waals surface area contributed by atoms with Crippen LogP contribution in [0.1, 0.15) is 47.7 Å². The van der Waals surface area contributed by atoms with Gasteiger partial charge in [0.25, 0.3) is 5.91 Å². The molecular formula is C30H27Cl2N3O2. The van der Waals surface area contributed by atoms with Gasteiger partial charge in [0.1, 0.15) is 6.54 Å². The van der Waals surface area contributed by atoms with Crippen LogP contribution >= 0.6 is 23.2 Å². The molecule has 2 aliphatic heterocycles. The number of fused-ring (bicyclic) bond motifs is 5. The van der Waals surface area contributed by atoms with Gasteiger partial charge in [0.15, 0.2) is 5.54 Å². The molecule has 0 unspecified atom stereocenters. The molecule has 188 valence electrons. The van der Waals surface area contributed by atoms with E-state index < -0.39 is 5.54 Å². The minimum absolute atomic E-state index is 0.00440. The predicted octanol–water partition coefficient (Wildman–Crippen LogP) is 6.27. The van der Waals surface area contributed by atoms with E-state index in [2.05, 4.69) is 42.2 Å². The molecule has 2 aliphatic rings. The molecule has 6 rings (SSSR count). The summed E-state index contributed by atoms with van der Waals surface area (Å²) in [7, 11) is 0. The molecule has 1 fully saturated rings. The van der Waals surface area contributed by atoms with Crippen molar-refractivity contribution in [3.63, 3.8) is 0 Å². The minimum atomic E-state index is -1.15. The quantitative estimate of drug-likeness (QED) is 0.337. The zero-order valence-corrected chi connectivity index (χ0v) is 22.2. The number of rotatable bonds is 4. The fourth-order valence-corrected chi connectivity index (χ4v) is 6.41. The van der Waals surface area contributed by atoms with Crippen LogP contribution < -0.4 is 0 Å². The molecule has 1 aromatic heterocycles. The minimum Gasteiger partial charge on any atom is -0.356 e. The first kappa shape index (κ1) is 24.1. The third-order valence-corrected chi connectivity index (χ3v) is 8.57. The Balaban J connectivity index is 1.48. The molecule has 5 nitrogen and oxygen atoms in total. The van der Waals surface area contributed by atoms with Gasteiger partial charge in [0.05, 0.1) is 5.69 Å². The highest BCUT2D eigenvalue weighted by molar-refractivity contribution is 6.35. The first-order valence-electron chi connectivity index (χ1n) is 12.5. The highest BCUT2D eigenvalue weighted by Gasteiger charge is 2.56. The van der Waals surface area contributed by atoms with Crippen LogP contribution in [-0.4, -0.2) is 39.7 Å². The summed E-state index contributed by atoms with van der Waals surface area (Å²) in [6.45, 7) is 4.69. The summed E-state index contributed by atoms with van der Waals surface area (Å²) >= 11 is 12.5. The molecule has 1 N–H and O–H groups in total. The molecule has 4 aromatic rings. The van der Waals surface area contributed by atoms with Crippen LogP contribution in [-0.2, 0) is 28.1 Å². The number of amides is 2. The number of aromatic nitrogens is 1. The Morgan fingerprint density at radius 3 is 2.51 bits per heavy atom. The molecule has 3 aromatic carbocycles. The van der Waals surface area contributed by atoms with E-state index in [1.807, 2.05) is 31.2 Å². The monoisotopic (exact) mass is 531 g/mol. The lowest BCUT2D eigenvalue weighted by Gasteiger charge is -2.51. The van der Waals surface area contributed by atoms with Gasteiger partial charge in [-0.25, -0.2) is 0 Å². The Kier molecular flexibility index (Phi) is 5.81. The van der Waals surface area contributed by atoms with Crippen LogP contribution in [0.15, 0.2) is 66.7 Å². The van der Waals surface area contributed by atoms with Crippen LogP contribution in [0.2, 0.25) is 10.0 Å². The number of para-hydroxylation sites is 1. The van der Waals surface area contributed by atoms with E-state index in [9.17, 15) is 9.59 Å². The van der Waals surface area contributed by atoms with Crippen LogP contribution in [0.5, 0.6) is 0 Å². The van der Waals surface area contributed by atoms with E-state index in [4.69, 9.17) is 23.2 Å². The summed E-state index contributed by atoms with van der Waals surface area (Å²) in [6, 6.07) is 22.0. The van der Waals surface area contributed by atoms with Crippen molar-refractivity contribution in [2.24, 2.45) is 0 Å². The van der Waals surface area contributed by atoms with Gasteiger partial charge in [-0.3, -0.25) is 9.59 Å². The average molecular weight is 532 g/mol. The maximum Gasteiger partial charge on any atom is 0.255 e. The number of carbonyl (C=O) groups excluding carboxylic acids is 2. The van der Waals surface area contributed by atoms with E-state index in [0.717, 1.165) is 39.7 Å². The van der Waals surface area contributed by atoms with Crippen LogP contribution in [0, 0.1) is 0 Å². The number of hydrogen-bond donors (Lipinski definition) is 1. The number of carbonyl (C=O) groups is 2. The van der Waals surface area contributed by atoms with Crippen molar-refractivity contribution >= 4 is 45.9 Å². The molecule has 7 heteroatoms. The number of aryl methyl sites for hydroxylation is 1. The summed E-state index contributed by atoms with van der Waals surface area (Å²) < 4.78 is 0. The standard InChI is InChI=1S/C30H27Cl2N3O2/c1-3-18-8-10-19(11-9-18)23-16-35-26(36)17-34(15-20-12-13-21(31)14-24(20)32)29(37)30(35,2)28-27(23)22-6-4-5-7-25(22)33-28/h4-14,23,33H,3,15-17H2,1-2H3/t23-,30+/m1/s1. The second kappa shape index (κ2) is 8.93. The molecule has 0 aliphatic carbocycles. The maximum atomic E-state index is 14.2. The highest BCUT2D eigenvalue weighted by atomic mass is 35.5. The molecule has 37 heavy (non-hydrogen) atoms. The van der Waals surface area contributed by atoms with Crippen molar-refractivity contribution in [3.8, 4) is 0 Å². The van der Waals surface area contributed by atoms with Crippen molar-refractivity contribution in [2.45, 2.75) is 38.3 Å². The number of halogens is 2. The van der Waals surface area contributed by atoms with E-state index in [1.165, 1.54) is 5.56 Å². The van der Waals surface area contributed by atoms with Gasteiger partial charge in [0, 0.05) is 40.0 Å². The average Bonchev–Trinajstić information content (AvgIpc) is 3.30. The molecular weight excluding hydrogens is 505 g/mol. The third kappa shape index (κ3) is 3.75. The van der Waals surface area contributed by atoms with Crippen molar-refractivity contribution in [3.05, 3.63) is 105 Å². The zero-order chi connectivity index (χ0) is 25.9. The Morgan fingerprint density at radius 1 is 1.03 bits per heavy atom. The molecule has 2 amide bonds. The van der Waals surface area contributed by atoms with Crippen molar-refractivity contribution < 1.29 is 9.59 Å². The van der Waals surface area contributed by atoms with Gasteiger partial charge in [0.2, 0.25) is 5.91 Å². The SMILES string of the molecule is CCc1ccc([C@H]2CN3C(=O)CN(Cc4ccc(Cl)cc4Cl)C(=O)[C@]3(C)c3[nH]c4ccccc4c32)cc1. The molecule has 3 heterocycles. The van der Waals surface area contributed by atoms with Crippen molar-refractivity contribution in [1.82, 2.24) is 14.8 Å². The molecule has 1 saturated heterocycles. The normalized spacial score (nSPS) is 21.4. The van der Waals surface area contributed by atoms with E-state index in [1.54, 1.807) is 21.9 Å². The Bertz CT molecular complexity index is 1540. The predicted molar refractivity (Wildman–Crippen MR) is 147 cm³/mol. The Morgan fingerprint density at radius 2 is 1.78 bits per heavy atom.